The highest BCUT2D eigenvalue weighted by molar-refractivity contribution is 9.10. The Morgan fingerprint density at radius 1 is 1.12 bits per heavy atom. The van der Waals surface area contributed by atoms with Crippen molar-refractivity contribution in [3.63, 3.8) is 0 Å². The van der Waals surface area contributed by atoms with Gasteiger partial charge in [-0.25, -0.2) is 0 Å². The van der Waals surface area contributed by atoms with Crippen molar-refractivity contribution in [3.05, 3.63) is 58.6 Å². The summed E-state index contributed by atoms with van der Waals surface area (Å²) in [4.78, 5) is 25.6. The Balaban J connectivity index is 1.58. The number of piperazine rings is 1. The van der Waals surface area contributed by atoms with Crippen molar-refractivity contribution in [1.82, 2.24) is 5.32 Å². The van der Waals surface area contributed by atoms with Gasteiger partial charge in [0.15, 0.2) is 0 Å². The number of nitrogens with zero attached hydrogens (tertiary/aromatic N) is 1. The molecule has 1 fully saturated rings. The van der Waals surface area contributed by atoms with E-state index in [0.29, 0.717) is 19.5 Å². The van der Waals surface area contributed by atoms with Gasteiger partial charge >= 0.3 is 0 Å². The highest BCUT2D eigenvalue weighted by Gasteiger charge is 2.16. The van der Waals surface area contributed by atoms with Gasteiger partial charge in [0.05, 0.1) is 13.0 Å². The minimum Gasteiger partial charge on any atom is -0.360 e. The topological polar surface area (TPSA) is 61.4 Å². The summed E-state index contributed by atoms with van der Waals surface area (Å²) in [6.45, 7) is 1.82. The van der Waals surface area contributed by atoms with Gasteiger partial charge in [0.25, 0.3) is 0 Å². The lowest BCUT2D eigenvalue weighted by Gasteiger charge is -2.28. The second kappa shape index (κ2) is 7.49. The van der Waals surface area contributed by atoms with Crippen LogP contribution in [0.1, 0.15) is 5.56 Å². The third kappa shape index (κ3) is 4.35. The van der Waals surface area contributed by atoms with Crippen LogP contribution in [-0.2, 0) is 16.0 Å². The van der Waals surface area contributed by atoms with Gasteiger partial charge in [0.1, 0.15) is 0 Å². The van der Waals surface area contributed by atoms with E-state index in [2.05, 4.69) is 26.6 Å². The maximum Gasteiger partial charge on any atom is 0.239 e. The quantitative estimate of drug-likeness (QED) is 0.847. The molecule has 2 aromatic rings. The van der Waals surface area contributed by atoms with Gasteiger partial charge in [-0.05, 0) is 42.0 Å². The lowest BCUT2D eigenvalue weighted by atomic mass is 10.1. The Morgan fingerprint density at radius 2 is 1.83 bits per heavy atom. The molecule has 0 radical (unpaired) electrons. The molecule has 1 aliphatic rings. The average Bonchev–Trinajstić information content (AvgIpc) is 2.58. The third-order valence-electron chi connectivity index (χ3n) is 3.83. The summed E-state index contributed by atoms with van der Waals surface area (Å²) >= 11 is 3.38. The van der Waals surface area contributed by atoms with Crippen LogP contribution in [0.4, 0.5) is 11.4 Å². The molecule has 3 rings (SSSR count). The largest absolute Gasteiger partial charge is 0.360 e. The van der Waals surface area contributed by atoms with Crippen molar-refractivity contribution < 1.29 is 9.59 Å². The molecule has 1 heterocycles. The van der Waals surface area contributed by atoms with E-state index in [4.69, 9.17) is 0 Å². The summed E-state index contributed by atoms with van der Waals surface area (Å²) in [5.74, 6) is -0.0180. The summed E-state index contributed by atoms with van der Waals surface area (Å²) in [7, 11) is 0. The monoisotopic (exact) mass is 387 g/mol. The summed E-state index contributed by atoms with van der Waals surface area (Å²) < 4.78 is 0.994. The molecule has 0 aromatic heterocycles. The maximum absolute atomic E-state index is 12.1. The van der Waals surface area contributed by atoms with E-state index in [1.54, 1.807) is 0 Å². The number of hydrogen-bond donors (Lipinski definition) is 2. The molecule has 1 saturated heterocycles. The normalized spacial score (nSPS) is 14.2. The number of anilines is 2. The molecular weight excluding hydrogens is 370 g/mol. The summed E-state index contributed by atoms with van der Waals surface area (Å²) in [5, 5.41) is 5.70. The van der Waals surface area contributed by atoms with Gasteiger partial charge in [-0.15, -0.1) is 0 Å². The smallest absolute Gasteiger partial charge is 0.239 e. The fourth-order valence-corrected chi connectivity index (χ4v) is 2.87. The molecule has 0 unspecified atom stereocenters. The number of hydrogen-bond acceptors (Lipinski definition) is 3. The summed E-state index contributed by atoms with van der Waals surface area (Å²) in [5.41, 5.74) is 2.70. The second-order valence-electron chi connectivity index (χ2n) is 5.67. The molecule has 0 atom stereocenters. The molecule has 1 aliphatic heterocycles. The SMILES string of the molecule is O=C1CN(c2ccc(NC(=O)Cc3ccc(Br)cc3)cc2)CCN1. The summed E-state index contributed by atoms with van der Waals surface area (Å²) in [6.07, 6.45) is 0.335. The fraction of sp³-hybridized carbons (Fsp3) is 0.222. The third-order valence-corrected chi connectivity index (χ3v) is 4.36. The van der Waals surface area contributed by atoms with Gasteiger partial charge in [-0.2, -0.15) is 0 Å². The number of rotatable bonds is 4. The van der Waals surface area contributed by atoms with Crippen LogP contribution in [0.5, 0.6) is 0 Å². The van der Waals surface area contributed by atoms with Crippen molar-refractivity contribution in [2.45, 2.75) is 6.42 Å². The molecule has 0 saturated carbocycles. The Labute approximate surface area is 149 Å². The maximum atomic E-state index is 12.1. The first-order valence-corrected chi connectivity index (χ1v) is 8.55. The van der Waals surface area contributed by atoms with E-state index < -0.39 is 0 Å². The molecule has 5 nitrogen and oxygen atoms in total. The molecule has 0 aliphatic carbocycles. The van der Waals surface area contributed by atoms with Crippen molar-refractivity contribution in [1.29, 1.82) is 0 Å². The Kier molecular flexibility index (Phi) is 5.15. The van der Waals surface area contributed by atoms with E-state index in [1.807, 2.05) is 53.4 Å². The van der Waals surface area contributed by atoms with E-state index in [-0.39, 0.29) is 11.8 Å². The zero-order valence-corrected chi connectivity index (χ0v) is 14.7. The van der Waals surface area contributed by atoms with Gasteiger partial charge < -0.3 is 15.5 Å². The van der Waals surface area contributed by atoms with Crippen molar-refractivity contribution in [2.24, 2.45) is 0 Å². The average molecular weight is 388 g/mol. The van der Waals surface area contributed by atoms with Crippen LogP contribution in [0.15, 0.2) is 53.0 Å². The van der Waals surface area contributed by atoms with Crippen LogP contribution in [0, 0.1) is 0 Å². The molecule has 2 N–H and O–H groups in total. The Morgan fingerprint density at radius 3 is 2.50 bits per heavy atom. The molecule has 6 heteroatoms. The Hall–Kier alpha value is -2.34. The minimum absolute atomic E-state index is 0.0353. The van der Waals surface area contributed by atoms with Crippen LogP contribution in [0.2, 0.25) is 0 Å². The van der Waals surface area contributed by atoms with Crippen LogP contribution in [-0.4, -0.2) is 31.4 Å². The second-order valence-corrected chi connectivity index (χ2v) is 6.59. The number of halogens is 1. The Bertz CT molecular complexity index is 729. The number of nitrogens with one attached hydrogen (secondary N) is 2. The molecule has 2 aromatic carbocycles. The number of carbonyl (C=O) groups excluding carboxylic acids is 2. The standard InChI is InChI=1S/C18H18BrN3O2/c19-14-3-1-13(2-4-14)11-17(23)21-15-5-7-16(8-6-15)22-10-9-20-18(24)12-22/h1-8H,9-12H2,(H,20,24)(H,21,23). The van der Waals surface area contributed by atoms with Crippen LogP contribution < -0.4 is 15.5 Å². The zero-order valence-electron chi connectivity index (χ0n) is 13.1. The lowest BCUT2D eigenvalue weighted by Crippen LogP contribution is -2.47. The molecule has 0 bridgehead atoms. The zero-order chi connectivity index (χ0) is 16.9. The van der Waals surface area contributed by atoms with Gasteiger partial charge in [-0.3, -0.25) is 9.59 Å². The van der Waals surface area contributed by atoms with Crippen LogP contribution >= 0.6 is 15.9 Å². The predicted octanol–water partition coefficient (Wildman–Crippen LogP) is 2.57. The van der Waals surface area contributed by atoms with Crippen LogP contribution in [0.3, 0.4) is 0 Å². The van der Waals surface area contributed by atoms with Crippen molar-refractivity contribution >= 4 is 39.1 Å². The first-order chi connectivity index (χ1) is 11.6. The fourth-order valence-electron chi connectivity index (χ4n) is 2.61. The van der Waals surface area contributed by atoms with Crippen LogP contribution in [0.25, 0.3) is 0 Å². The predicted molar refractivity (Wildman–Crippen MR) is 98.1 cm³/mol. The van der Waals surface area contributed by atoms with Gasteiger partial charge in [-0.1, -0.05) is 28.1 Å². The number of amides is 2. The molecular formula is C18H18BrN3O2. The first-order valence-electron chi connectivity index (χ1n) is 7.76. The molecule has 124 valence electrons. The number of carbonyl (C=O) groups is 2. The van der Waals surface area contributed by atoms with Gasteiger partial charge in [0, 0.05) is 28.9 Å². The highest BCUT2D eigenvalue weighted by Crippen LogP contribution is 2.19. The van der Waals surface area contributed by atoms with Crippen molar-refractivity contribution in [2.75, 3.05) is 29.9 Å². The van der Waals surface area contributed by atoms with E-state index >= 15 is 0 Å². The van der Waals surface area contributed by atoms with E-state index in [9.17, 15) is 9.59 Å². The molecule has 2 amide bonds. The van der Waals surface area contributed by atoms with E-state index in [1.165, 1.54) is 0 Å². The highest BCUT2D eigenvalue weighted by atomic mass is 79.9. The first kappa shape index (κ1) is 16.5. The molecule has 0 spiro atoms. The minimum atomic E-state index is -0.0533. The molecule has 24 heavy (non-hydrogen) atoms. The summed E-state index contributed by atoms with van der Waals surface area (Å²) in [6, 6.07) is 15.3. The lowest BCUT2D eigenvalue weighted by molar-refractivity contribution is -0.120. The van der Waals surface area contributed by atoms with Gasteiger partial charge in [0.2, 0.25) is 11.8 Å². The van der Waals surface area contributed by atoms with E-state index in [0.717, 1.165) is 28.0 Å². The number of benzene rings is 2. The van der Waals surface area contributed by atoms with Crippen molar-refractivity contribution in [3.8, 4) is 0 Å².